The van der Waals surface area contributed by atoms with E-state index in [1.54, 1.807) is 24.3 Å². The molecule has 0 N–H and O–H groups in total. The van der Waals surface area contributed by atoms with Gasteiger partial charge in [0, 0.05) is 0 Å². The molecule has 1 aromatic carbocycles. The molecule has 0 bridgehead atoms. The van der Waals surface area contributed by atoms with E-state index < -0.39 is 24.4 Å². The average Bonchev–Trinajstić information content (AvgIpc) is 2.74. The lowest BCUT2D eigenvalue weighted by Gasteiger charge is -2.14. The van der Waals surface area contributed by atoms with Crippen molar-refractivity contribution in [2.75, 3.05) is 13.7 Å². The number of carboxylic acid groups (broad SMARTS) is 1. The maximum absolute atomic E-state index is 12.1. The third-order valence-corrected chi connectivity index (χ3v) is 4.19. The predicted molar refractivity (Wildman–Crippen MR) is 82.7 cm³/mol. The van der Waals surface area contributed by atoms with Gasteiger partial charge < -0.3 is 14.6 Å². The number of aliphatic carboxylic acids is 1. The van der Waals surface area contributed by atoms with E-state index in [1.165, 1.54) is 13.2 Å². The van der Waals surface area contributed by atoms with Crippen molar-refractivity contribution in [2.45, 2.75) is 0 Å². The lowest BCUT2D eigenvalue weighted by Crippen LogP contribution is -2.40. The Labute approximate surface area is 135 Å². The third kappa shape index (κ3) is 3.34. The summed E-state index contributed by atoms with van der Waals surface area (Å²) in [5.74, 6) is -2.46. The highest BCUT2D eigenvalue weighted by molar-refractivity contribution is 8.26. The van der Waals surface area contributed by atoms with Gasteiger partial charge in [0.25, 0.3) is 5.91 Å². The molecule has 1 amide bonds. The van der Waals surface area contributed by atoms with Crippen LogP contribution < -0.4 is 5.11 Å². The Morgan fingerprint density at radius 2 is 2.09 bits per heavy atom. The number of nitrogens with zero attached hydrogens (tertiary/aromatic N) is 1. The predicted octanol–water partition coefficient (Wildman–Crippen LogP) is 0.424. The molecule has 0 atom stereocenters. The van der Waals surface area contributed by atoms with E-state index in [9.17, 15) is 19.5 Å². The van der Waals surface area contributed by atoms with Crippen molar-refractivity contribution in [1.82, 2.24) is 4.90 Å². The van der Waals surface area contributed by atoms with E-state index in [0.717, 1.165) is 16.7 Å². The molecule has 0 unspecified atom stereocenters. The van der Waals surface area contributed by atoms with Crippen LogP contribution in [0.5, 0.6) is 0 Å². The Hall–Kier alpha value is -2.19. The molecule has 22 heavy (non-hydrogen) atoms. The molecule has 0 radical (unpaired) electrons. The Kier molecular flexibility index (Phi) is 4.94. The Morgan fingerprint density at radius 3 is 2.73 bits per heavy atom. The fraction of sp³-hybridized carbons (Fsp3) is 0.143. The van der Waals surface area contributed by atoms with Crippen molar-refractivity contribution in [3.8, 4) is 0 Å². The minimum absolute atomic E-state index is 0.135. The molecule has 0 spiro atoms. The first kappa shape index (κ1) is 16.2. The second kappa shape index (κ2) is 6.71. The highest BCUT2D eigenvalue weighted by Gasteiger charge is 2.32. The molecule has 8 heteroatoms. The van der Waals surface area contributed by atoms with Gasteiger partial charge in [-0.25, -0.2) is 4.79 Å². The first-order valence-corrected chi connectivity index (χ1v) is 7.29. The Morgan fingerprint density at radius 1 is 1.41 bits per heavy atom. The van der Waals surface area contributed by atoms with Crippen LogP contribution in [-0.2, 0) is 14.3 Å². The number of carbonyl (C=O) groups is 3. The van der Waals surface area contributed by atoms with E-state index >= 15 is 0 Å². The lowest BCUT2D eigenvalue weighted by molar-refractivity contribution is -0.305. The van der Waals surface area contributed by atoms with Crippen LogP contribution in [0.15, 0.2) is 29.2 Å². The topological polar surface area (TPSA) is 86.7 Å². The van der Waals surface area contributed by atoms with Gasteiger partial charge in [-0.15, -0.1) is 0 Å². The van der Waals surface area contributed by atoms with Crippen molar-refractivity contribution in [2.24, 2.45) is 0 Å². The van der Waals surface area contributed by atoms with Crippen LogP contribution in [-0.4, -0.2) is 40.7 Å². The largest absolute Gasteiger partial charge is 0.548 e. The summed E-state index contributed by atoms with van der Waals surface area (Å²) in [7, 11) is 1.26. The number of rotatable bonds is 4. The number of thiocarbonyl (C=S) groups is 1. The number of carboxylic acids is 1. The number of amides is 1. The van der Waals surface area contributed by atoms with Crippen LogP contribution >= 0.6 is 24.0 Å². The van der Waals surface area contributed by atoms with Crippen molar-refractivity contribution < 1.29 is 24.2 Å². The van der Waals surface area contributed by atoms with Crippen LogP contribution in [0.4, 0.5) is 0 Å². The van der Waals surface area contributed by atoms with Gasteiger partial charge in [-0.2, -0.15) is 0 Å². The standard InChI is InChI=1S/C14H11NO5S2/c1-20-13(19)9-5-3-2-4-8(9)6-10-12(18)15(7-11(16)17)14(21)22-10/h2-6H,7H2,1H3,(H,16,17)/p-1/b10-6-. The number of benzene rings is 1. The van der Waals surface area contributed by atoms with E-state index in [1.807, 2.05) is 0 Å². The minimum atomic E-state index is -1.40. The molecule has 0 saturated carbocycles. The highest BCUT2D eigenvalue weighted by atomic mass is 32.2. The van der Waals surface area contributed by atoms with E-state index in [2.05, 4.69) is 4.74 Å². The number of esters is 1. The van der Waals surface area contributed by atoms with Gasteiger partial charge in [0.15, 0.2) is 0 Å². The number of thioether (sulfide) groups is 1. The van der Waals surface area contributed by atoms with Gasteiger partial charge in [0.05, 0.1) is 30.1 Å². The first-order valence-electron chi connectivity index (χ1n) is 6.06. The van der Waals surface area contributed by atoms with Crippen molar-refractivity contribution in [3.63, 3.8) is 0 Å². The van der Waals surface area contributed by atoms with Crippen LogP contribution in [0.25, 0.3) is 6.08 Å². The molecule has 1 aromatic rings. The number of carbonyl (C=O) groups excluding carboxylic acids is 3. The van der Waals surface area contributed by atoms with Crippen LogP contribution in [0.2, 0.25) is 0 Å². The van der Waals surface area contributed by atoms with E-state index in [4.69, 9.17) is 12.2 Å². The van der Waals surface area contributed by atoms with Crippen LogP contribution in [0.3, 0.4) is 0 Å². The summed E-state index contributed by atoms with van der Waals surface area (Å²) in [6, 6.07) is 6.60. The summed E-state index contributed by atoms with van der Waals surface area (Å²) in [5.41, 5.74) is 0.790. The monoisotopic (exact) mass is 336 g/mol. The summed E-state index contributed by atoms with van der Waals surface area (Å²) >= 11 is 5.95. The van der Waals surface area contributed by atoms with Gasteiger partial charge >= 0.3 is 5.97 Å². The number of hydrogen-bond acceptors (Lipinski definition) is 7. The van der Waals surface area contributed by atoms with Gasteiger partial charge in [0.1, 0.15) is 4.32 Å². The van der Waals surface area contributed by atoms with Gasteiger partial charge in [0.2, 0.25) is 0 Å². The number of ether oxygens (including phenoxy) is 1. The third-order valence-electron chi connectivity index (χ3n) is 2.81. The normalized spacial score (nSPS) is 16.2. The van der Waals surface area contributed by atoms with Crippen LogP contribution in [0.1, 0.15) is 15.9 Å². The van der Waals surface area contributed by atoms with Gasteiger partial charge in [-0.3, -0.25) is 9.69 Å². The summed E-state index contributed by atoms with van der Waals surface area (Å²) in [4.78, 5) is 35.7. The second-order valence-corrected chi connectivity index (χ2v) is 5.89. The highest BCUT2D eigenvalue weighted by Crippen LogP contribution is 2.32. The molecule has 1 aliphatic heterocycles. The van der Waals surface area contributed by atoms with Crippen molar-refractivity contribution in [1.29, 1.82) is 0 Å². The van der Waals surface area contributed by atoms with E-state index in [0.29, 0.717) is 11.1 Å². The average molecular weight is 336 g/mol. The number of hydrogen-bond donors (Lipinski definition) is 0. The fourth-order valence-electron chi connectivity index (χ4n) is 1.83. The molecule has 1 saturated heterocycles. The second-order valence-electron chi connectivity index (χ2n) is 4.22. The molecule has 2 rings (SSSR count). The van der Waals surface area contributed by atoms with E-state index in [-0.39, 0.29) is 9.23 Å². The molecule has 0 aromatic heterocycles. The molecular formula is C14H10NO5S2-. The summed E-state index contributed by atoms with van der Waals surface area (Å²) < 4.78 is 4.82. The molecule has 1 aliphatic rings. The quantitative estimate of drug-likeness (QED) is 0.447. The summed E-state index contributed by atoms with van der Waals surface area (Å²) in [6.07, 6.45) is 1.49. The number of methoxy groups -OCH3 is 1. The fourth-order valence-corrected chi connectivity index (χ4v) is 3.07. The SMILES string of the molecule is COC(=O)c1ccccc1/C=C1\SC(=S)N(CC(=O)[O-])C1=O. The zero-order valence-electron chi connectivity index (χ0n) is 11.4. The molecule has 0 aliphatic carbocycles. The molecule has 1 heterocycles. The minimum Gasteiger partial charge on any atom is -0.548 e. The van der Waals surface area contributed by atoms with Crippen LogP contribution in [0, 0.1) is 0 Å². The summed E-state index contributed by atoms with van der Waals surface area (Å²) in [5, 5.41) is 10.6. The Bertz CT molecular complexity index is 698. The molecule has 1 fully saturated rings. The molecular weight excluding hydrogens is 326 g/mol. The van der Waals surface area contributed by atoms with Gasteiger partial charge in [-0.1, -0.05) is 42.2 Å². The van der Waals surface area contributed by atoms with Crippen molar-refractivity contribution >= 4 is 52.2 Å². The molecule has 114 valence electrons. The first-order chi connectivity index (χ1) is 10.4. The zero-order valence-corrected chi connectivity index (χ0v) is 13.0. The van der Waals surface area contributed by atoms with Crippen molar-refractivity contribution in [3.05, 3.63) is 40.3 Å². The summed E-state index contributed by atoms with van der Waals surface area (Å²) in [6.45, 7) is -0.597. The maximum atomic E-state index is 12.1. The molecule has 6 nitrogen and oxygen atoms in total. The zero-order chi connectivity index (χ0) is 16.3. The smallest absolute Gasteiger partial charge is 0.338 e. The lowest BCUT2D eigenvalue weighted by atomic mass is 10.1. The maximum Gasteiger partial charge on any atom is 0.338 e. The van der Waals surface area contributed by atoms with Gasteiger partial charge in [-0.05, 0) is 17.7 Å². The Balaban J connectivity index is 2.35.